The van der Waals surface area contributed by atoms with Crippen molar-refractivity contribution < 1.29 is 0 Å². The van der Waals surface area contributed by atoms with Gasteiger partial charge in [0.05, 0.1) is 5.71 Å². The Morgan fingerprint density at radius 3 is 2.06 bits per heavy atom. The van der Waals surface area contributed by atoms with Crippen LogP contribution in [0.15, 0.2) is 60.1 Å². The Bertz CT molecular complexity index is 682. The van der Waals surface area contributed by atoms with Crippen LogP contribution in [0.5, 0.6) is 0 Å². The number of nitrogens with one attached hydrogen (secondary N) is 1. The number of aliphatic imine (C=N–C) groups is 1. The highest BCUT2D eigenvalue weighted by Crippen LogP contribution is 2.19. The Kier molecular flexibility index (Phi) is 20.6. The van der Waals surface area contributed by atoms with Gasteiger partial charge in [0.15, 0.2) is 0 Å². The quantitative estimate of drug-likeness (QED) is 0.207. The summed E-state index contributed by atoms with van der Waals surface area (Å²) in [6.07, 6.45) is 15.0. The van der Waals surface area contributed by atoms with Crippen LogP contribution in [0.4, 0.5) is 0 Å². The topological polar surface area (TPSA) is 88.2 Å². The average Bonchev–Trinajstić information content (AvgIpc) is 2.81. The molecule has 31 heavy (non-hydrogen) atoms. The normalized spacial score (nSPS) is 12.4. The molecule has 1 aromatic rings. The third-order valence-electron chi connectivity index (χ3n) is 4.78. The number of nitrogens with two attached hydrogens (primary N) is 2. The second kappa shape index (κ2) is 20.8. The van der Waals surface area contributed by atoms with E-state index in [-0.39, 0.29) is 0 Å². The predicted octanol–water partition coefficient (Wildman–Crippen LogP) is 6.76. The Morgan fingerprint density at radius 2 is 1.61 bits per heavy atom. The minimum Gasteiger partial charge on any atom is -0.384 e. The highest BCUT2D eigenvalue weighted by Gasteiger charge is 2.01. The van der Waals surface area contributed by atoms with Gasteiger partial charge < -0.3 is 16.9 Å². The summed E-state index contributed by atoms with van der Waals surface area (Å²) in [5, 5.41) is 7.97. The largest absolute Gasteiger partial charge is 0.384 e. The summed E-state index contributed by atoms with van der Waals surface area (Å²) in [5.74, 6) is 1.38. The van der Waals surface area contributed by atoms with E-state index in [1.54, 1.807) is 25.3 Å². The average molecular weight is 427 g/mol. The molecule has 0 amide bonds. The molecule has 0 saturated carbocycles. The van der Waals surface area contributed by atoms with E-state index >= 15 is 0 Å². The van der Waals surface area contributed by atoms with Crippen LogP contribution < -0.4 is 11.5 Å². The molecule has 1 aromatic carbocycles. The van der Waals surface area contributed by atoms with Gasteiger partial charge in [-0.2, -0.15) is 0 Å². The van der Waals surface area contributed by atoms with Gasteiger partial charge in [0.1, 0.15) is 5.84 Å². The molecular weight excluding hydrogens is 380 g/mol. The van der Waals surface area contributed by atoms with Gasteiger partial charge >= 0.3 is 0 Å². The fraction of sp³-hybridized carbons (Fsp3) is 0.481. The standard InChI is InChI=1S/C17H21N3.C9H20.CH5N/c1-4-6-13(5-2)14-7-9-15(10-8-14)16(18)11-12-17(19)20-3;1-4-6-8-9(3)7-5-2;1-2/h4,6-12,18H,1,5H2,2-3H3,(H2,19,20);9H,4-8H2,1-3H3;2H2,1H3/b12-11-,13-6+,18-16?;;. The molecule has 0 aliphatic carbocycles. The fourth-order valence-corrected chi connectivity index (χ4v) is 2.95. The maximum Gasteiger partial charge on any atom is 0.117 e. The number of benzene rings is 1. The van der Waals surface area contributed by atoms with Gasteiger partial charge in [-0.05, 0) is 48.2 Å². The summed E-state index contributed by atoms with van der Waals surface area (Å²) in [4.78, 5) is 3.82. The van der Waals surface area contributed by atoms with Crippen LogP contribution in [-0.4, -0.2) is 25.6 Å². The number of unbranched alkanes of at least 4 members (excludes halogenated alkanes) is 1. The molecule has 0 fully saturated rings. The lowest BCUT2D eigenvalue weighted by Crippen LogP contribution is -2.08. The molecular formula is C27H46N4. The van der Waals surface area contributed by atoms with E-state index in [0.29, 0.717) is 11.5 Å². The van der Waals surface area contributed by atoms with Gasteiger partial charge in [-0.1, -0.05) is 103 Å². The second-order valence-corrected chi connectivity index (χ2v) is 7.29. The van der Waals surface area contributed by atoms with Crippen LogP contribution in [0.25, 0.3) is 5.57 Å². The van der Waals surface area contributed by atoms with E-state index < -0.39 is 0 Å². The third kappa shape index (κ3) is 15.1. The maximum absolute atomic E-state index is 7.97. The second-order valence-electron chi connectivity index (χ2n) is 7.29. The Morgan fingerprint density at radius 1 is 1.03 bits per heavy atom. The number of nitrogens with zero attached hydrogens (tertiary/aromatic N) is 1. The molecule has 1 atom stereocenters. The van der Waals surface area contributed by atoms with Crippen molar-refractivity contribution in [2.45, 2.75) is 66.2 Å². The zero-order valence-electron chi connectivity index (χ0n) is 20.7. The van der Waals surface area contributed by atoms with Crippen LogP contribution in [0.1, 0.15) is 77.3 Å². The molecule has 1 unspecified atom stereocenters. The highest BCUT2D eigenvalue weighted by atomic mass is 14.8. The van der Waals surface area contributed by atoms with Gasteiger partial charge in [-0.15, -0.1) is 0 Å². The molecule has 0 bridgehead atoms. The summed E-state index contributed by atoms with van der Waals surface area (Å²) in [5.41, 5.74) is 13.7. The first-order valence-electron chi connectivity index (χ1n) is 11.4. The third-order valence-corrected chi connectivity index (χ3v) is 4.78. The highest BCUT2D eigenvalue weighted by molar-refractivity contribution is 6.09. The zero-order chi connectivity index (χ0) is 24.1. The fourth-order valence-electron chi connectivity index (χ4n) is 2.95. The van der Waals surface area contributed by atoms with Gasteiger partial charge in [0, 0.05) is 7.05 Å². The van der Waals surface area contributed by atoms with Crippen LogP contribution >= 0.6 is 0 Å². The first kappa shape index (κ1) is 30.7. The number of amidine groups is 1. The molecule has 0 spiro atoms. The summed E-state index contributed by atoms with van der Waals surface area (Å²) in [7, 11) is 3.12. The molecule has 174 valence electrons. The Hall–Kier alpha value is -2.46. The molecule has 5 N–H and O–H groups in total. The Labute approximate surface area is 191 Å². The van der Waals surface area contributed by atoms with E-state index in [4.69, 9.17) is 11.1 Å². The van der Waals surface area contributed by atoms with Crippen molar-refractivity contribution in [3.05, 3.63) is 66.3 Å². The predicted molar refractivity (Wildman–Crippen MR) is 142 cm³/mol. The van der Waals surface area contributed by atoms with Crippen molar-refractivity contribution in [3.8, 4) is 0 Å². The summed E-state index contributed by atoms with van der Waals surface area (Å²) in [6, 6.07) is 7.92. The molecule has 0 saturated heterocycles. The molecule has 0 heterocycles. The lowest BCUT2D eigenvalue weighted by molar-refractivity contribution is 0.466. The molecule has 4 nitrogen and oxygen atoms in total. The van der Waals surface area contributed by atoms with Gasteiger partial charge in [-0.3, -0.25) is 4.99 Å². The number of allylic oxidation sites excluding steroid dienone is 4. The lowest BCUT2D eigenvalue weighted by Gasteiger charge is -2.07. The SMILES string of the molecule is C=C/C=C(\CC)c1ccc(C(=N)/C=C\C(N)=NC)cc1.CCCCC(C)CCC.CN. The first-order chi connectivity index (χ1) is 14.9. The van der Waals surface area contributed by atoms with E-state index in [1.165, 1.54) is 44.7 Å². The molecule has 0 aromatic heterocycles. The number of rotatable bonds is 11. The van der Waals surface area contributed by atoms with Crippen LogP contribution in [-0.2, 0) is 0 Å². The smallest absolute Gasteiger partial charge is 0.117 e. The van der Waals surface area contributed by atoms with Crippen LogP contribution in [0.3, 0.4) is 0 Å². The Balaban J connectivity index is 0. The minimum atomic E-state index is 0.411. The number of hydrogen-bond acceptors (Lipinski definition) is 3. The summed E-state index contributed by atoms with van der Waals surface area (Å²) in [6.45, 7) is 12.7. The van der Waals surface area contributed by atoms with E-state index in [0.717, 1.165) is 23.5 Å². The van der Waals surface area contributed by atoms with Crippen LogP contribution in [0.2, 0.25) is 0 Å². The van der Waals surface area contributed by atoms with Crippen LogP contribution in [0, 0.1) is 11.3 Å². The van der Waals surface area contributed by atoms with Crippen molar-refractivity contribution in [1.82, 2.24) is 0 Å². The zero-order valence-corrected chi connectivity index (χ0v) is 20.7. The van der Waals surface area contributed by atoms with Crippen molar-refractivity contribution in [2.75, 3.05) is 14.1 Å². The van der Waals surface area contributed by atoms with E-state index in [2.05, 4.69) is 45.0 Å². The van der Waals surface area contributed by atoms with Crippen molar-refractivity contribution >= 4 is 17.1 Å². The summed E-state index contributed by atoms with van der Waals surface area (Å²) < 4.78 is 0. The molecule has 4 heteroatoms. The number of hydrogen-bond donors (Lipinski definition) is 3. The van der Waals surface area contributed by atoms with Crippen molar-refractivity contribution in [3.63, 3.8) is 0 Å². The first-order valence-corrected chi connectivity index (χ1v) is 11.4. The molecule has 0 aliphatic heterocycles. The van der Waals surface area contributed by atoms with Gasteiger partial charge in [0.2, 0.25) is 0 Å². The summed E-state index contributed by atoms with van der Waals surface area (Å²) >= 11 is 0. The molecule has 0 radical (unpaired) electrons. The minimum absolute atomic E-state index is 0.411. The van der Waals surface area contributed by atoms with Crippen molar-refractivity contribution in [2.24, 2.45) is 22.4 Å². The van der Waals surface area contributed by atoms with Crippen molar-refractivity contribution in [1.29, 1.82) is 5.41 Å². The molecule has 1 rings (SSSR count). The van der Waals surface area contributed by atoms with E-state index in [9.17, 15) is 0 Å². The monoisotopic (exact) mass is 426 g/mol. The van der Waals surface area contributed by atoms with Gasteiger partial charge in [-0.25, -0.2) is 0 Å². The maximum atomic E-state index is 7.97. The molecule has 0 aliphatic rings. The van der Waals surface area contributed by atoms with E-state index in [1.807, 2.05) is 30.3 Å². The lowest BCUT2D eigenvalue weighted by atomic mass is 10.00. The van der Waals surface area contributed by atoms with Gasteiger partial charge in [0.25, 0.3) is 0 Å².